The number of hydrogen-bond acceptors (Lipinski definition) is 4. The van der Waals surface area contributed by atoms with Crippen molar-refractivity contribution in [3.05, 3.63) is 29.8 Å². The average molecular weight is 278 g/mol. The number of benzene rings is 1. The van der Waals surface area contributed by atoms with Gasteiger partial charge in [-0.2, -0.15) is 0 Å². The van der Waals surface area contributed by atoms with Crippen molar-refractivity contribution in [1.29, 1.82) is 0 Å². The van der Waals surface area contributed by atoms with Crippen LogP contribution in [0, 0.1) is 0 Å². The van der Waals surface area contributed by atoms with Crippen LogP contribution in [0.2, 0.25) is 0 Å². The Morgan fingerprint density at radius 2 is 1.95 bits per heavy atom. The minimum absolute atomic E-state index is 0.0659. The maximum absolute atomic E-state index is 6.26. The Morgan fingerprint density at radius 1 is 1.30 bits per heavy atom. The molecule has 1 aliphatic rings. The molecule has 0 spiro atoms. The van der Waals surface area contributed by atoms with Crippen molar-refractivity contribution in [2.75, 3.05) is 20.3 Å². The third-order valence-corrected chi connectivity index (χ3v) is 3.97. The van der Waals surface area contributed by atoms with Crippen LogP contribution in [-0.4, -0.2) is 43.3 Å². The van der Waals surface area contributed by atoms with E-state index >= 15 is 0 Å². The smallest absolute Gasteiger partial charge is 0.118 e. The number of hydrogen-bond donors (Lipinski definition) is 1. The number of morpholine rings is 1. The van der Waals surface area contributed by atoms with Gasteiger partial charge < -0.3 is 15.2 Å². The number of methoxy groups -OCH3 is 1. The molecule has 4 heteroatoms. The maximum Gasteiger partial charge on any atom is 0.118 e. The van der Waals surface area contributed by atoms with Gasteiger partial charge in [-0.25, -0.2) is 0 Å². The fourth-order valence-corrected chi connectivity index (χ4v) is 2.91. The summed E-state index contributed by atoms with van der Waals surface area (Å²) in [4.78, 5) is 2.46. The second-order valence-corrected chi connectivity index (χ2v) is 5.77. The fourth-order valence-electron chi connectivity index (χ4n) is 2.91. The molecule has 0 amide bonds. The molecule has 2 rings (SSSR count). The van der Waals surface area contributed by atoms with Crippen LogP contribution < -0.4 is 10.5 Å². The summed E-state index contributed by atoms with van der Waals surface area (Å²) in [6, 6.07) is 8.88. The zero-order chi connectivity index (χ0) is 14.7. The van der Waals surface area contributed by atoms with Crippen LogP contribution in [0.3, 0.4) is 0 Å². The molecule has 1 fully saturated rings. The van der Waals surface area contributed by atoms with E-state index in [0.29, 0.717) is 6.04 Å². The quantitative estimate of drug-likeness (QED) is 0.917. The van der Waals surface area contributed by atoms with E-state index < -0.39 is 0 Å². The van der Waals surface area contributed by atoms with Gasteiger partial charge in [-0.1, -0.05) is 12.1 Å². The molecule has 2 N–H and O–H groups in total. The first kappa shape index (κ1) is 15.3. The molecule has 20 heavy (non-hydrogen) atoms. The molecular weight excluding hydrogens is 252 g/mol. The van der Waals surface area contributed by atoms with Crippen LogP contribution in [0.15, 0.2) is 24.3 Å². The molecule has 1 aromatic rings. The van der Waals surface area contributed by atoms with E-state index in [-0.39, 0.29) is 18.2 Å². The molecule has 0 aliphatic carbocycles. The molecule has 1 saturated heterocycles. The Balaban J connectivity index is 2.25. The molecule has 0 aromatic heterocycles. The Bertz CT molecular complexity index is 419. The Labute approximate surface area is 121 Å². The van der Waals surface area contributed by atoms with Gasteiger partial charge in [0.1, 0.15) is 5.75 Å². The zero-order valence-corrected chi connectivity index (χ0v) is 12.9. The van der Waals surface area contributed by atoms with Gasteiger partial charge in [0.05, 0.1) is 25.9 Å². The summed E-state index contributed by atoms with van der Waals surface area (Å²) >= 11 is 0. The molecule has 1 heterocycles. The van der Waals surface area contributed by atoms with Crippen molar-refractivity contribution < 1.29 is 9.47 Å². The molecule has 0 bridgehead atoms. The lowest BCUT2D eigenvalue weighted by molar-refractivity contribution is -0.0697. The van der Waals surface area contributed by atoms with Gasteiger partial charge in [0, 0.05) is 18.6 Å². The van der Waals surface area contributed by atoms with E-state index in [4.69, 9.17) is 15.2 Å². The van der Waals surface area contributed by atoms with Crippen molar-refractivity contribution in [2.45, 2.75) is 45.0 Å². The number of nitrogens with two attached hydrogens (primary N) is 1. The van der Waals surface area contributed by atoms with Crippen molar-refractivity contribution in [1.82, 2.24) is 4.90 Å². The number of rotatable bonds is 4. The molecule has 1 aliphatic heterocycles. The molecule has 4 unspecified atom stereocenters. The topological polar surface area (TPSA) is 47.7 Å². The minimum atomic E-state index is 0.0659. The molecule has 4 atom stereocenters. The molecule has 1 aromatic carbocycles. The highest BCUT2D eigenvalue weighted by Crippen LogP contribution is 2.29. The van der Waals surface area contributed by atoms with Gasteiger partial charge in [0.25, 0.3) is 0 Å². The van der Waals surface area contributed by atoms with Crippen molar-refractivity contribution in [3.8, 4) is 5.75 Å². The highest BCUT2D eigenvalue weighted by atomic mass is 16.5. The minimum Gasteiger partial charge on any atom is -0.497 e. The second-order valence-electron chi connectivity index (χ2n) is 5.77. The summed E-state index contributed by atoms with van der Waals surface area (Å²) in [6.45, 7) is 8.07. The maximum atomic E-state index is 6.26. The zero-order valence-electron chi connectivity index (χ0n) is 12.9. The number of nitrogens with zero attached hydrogens (tertiary/aromatic N) is 1. The Kier molecular flexibility index (Phi) is 5.02. The van der Waals surface area contributed by atoms with Gasteiger partial charge in [0.2, 0.25) is 0 Å². The molecular formula is C16H26N2O2. The summed E-state index contributed by atoms with van der Waals surface area (Å²) in [7, 11) is 1.68. The standard InChI is InChI=1S/C16H26N2O2/c1-11-10-20-12(2)9-18(11)16(13(3)17)14-5-7-15(19-4)8-6-14/h5-8,11-13,16H,9-10,17H2,1-4H3. The summed E-state index contributed by atoms with van der Waals surface area (Å²) in [6.07, 6.45) is 0.255. The van der Waals surface area contributed by atoms with Crippen molar-refractivity contribution in [2.24, 2.45) is 5.73 Å². The van der Waals surface area contributed by atoms with E-state index in [1.165, 1.54) is 5.56 Å². The third-order valence-electron chi connectivity index (χ3n) is 3.97. The first-order valence-electron chi connectivity index (χ1n) is 7.29. The highest BCUT2D eigenvalue weighted by Gasteiger charge is 2.32. The molecule has 4 nitrogen and oxygen atoms in total. The molecule has 112 valence electrons. The number of ether oxygens (including phenoxy) is 2. The van der Waals surface area contributed by atoms with E-state index in [2.05, 4.69) is 37.8 Å². The van der Waals surface area contributed by atoms with Gasteiger partial charge in [0.15, 0.2) is 0 Å². The lowest BCUT2D eigenvalue weighted by Gasteiger charge is -2.43. The van der Waals surface area contributed by atoms with E-state index in [1.807, 2.05) is 12.1 Å². The predicted molar refractivity (Wildman–Crippen MR) is 81.0 cm³/mol. The highest BCUT2D eigenvalue weighted by molar-refractivity contribution is 5.30. The van der Waals surface area contributed by atoms with E-state index in [9.17, 15) is 0 Å². The van der Waals surface area contributed by atoms with Gasteiger partial charge >= 0.3 is 0 Å². The summed E-state index contributed by atoms with van der Waals surface area (Å²) in [5, 5.41) is 0. The fraction of sp³-hybridized carbons (Fsp3) is 0.625. The lowest BCUT2D eigenvalue weighted by Crippen LogP contribution is -2.52. The first-order valence-corrected chi connectivity index (χ1v) is 7.29. The summed E-state index contributed by atoms with van der Waals surface area (Å²) in [5.41, 5.74) is 7.50. The monoisotopic (exact) mass is 278 g/mol. The van der Waals surface area contributed by atoms with Crippen molar-refractivity contribution >= 4 is 0 Å². The van der Waals surface area contributed by atoms with Crippen LogP contribution in [0.25, 0.3) is 0 Å². The van der Waals surface area contributed by atoms with Gasteiger partial charge in [-0.15, -0.1) is 0 Å². The van der Waals surface area contributed by atoms with Gasteiger partial charge in [-0.05, 0) is 38.5 Å². The van der Waals surface area contributed by atoms with Gasteiger partial charge in [-0.3, -0.25) is 4.90 Å². The van der Waals surface area contributed by atoms with Crippen LogP contribution in [0.5, 0.6) is 5.75 Å². The summed E-state index contributed by atoms with van der Waals surface area (Å²) < 4.78 is 10.9. The largest absolute Gasteiger partial charge is 0.497 e. The second kappa shape index (κ2) is 6.57. The van der Waals surface area contributed by atoms with E-state index in [0.717, 1.165) is 18.9 Å². The summed E-state index contributed by atoms with van der Waals surface area (Å²) in [5.74, 6) is 0.876. The van der Waals surface area contributed by atoms with E-state index in [1.54, 1.807) is 7.11 Å². The predicted octanol–water partition coefficient (Wildman–Crippen LogP) is 2.19. The lowest BCUT2D eigenvalue weighted by atomic mass is 9.96. The first-order chi connectivity index (χ1) is 9.52. The van der Waals surface area contributed by atoms with Crippen LogP contribution in [0.1, 0.15) is 32.4 Å². The third kappa shape index (κ3) is 3.32. The average Bonchev–Trinajstić information content (AvgIpc) is 2.43. The Hall–Kier alpha value is -1.10. The normalized spacial score (nSPS) is 27.1. The van der Waals surface area contributed by atoms with Crippen LogP contribution in [0.4, 0.5) is 0 Å². The molecule has 0 saturated carbocycles. The Morgan fingerprint density at radius 3 is 2.50 bits per heavy atom. The van der Waals surface area contributed by atoms with Crippen LogP contribution in [-0.2, 0) is 4.74 Å². The van der Waals surface area contributed by atoms with Crippen molar-refractivity contribution in [3.63, 3.8) is 0 Å². The SMILES string of the molecule is COc1ccc(C(C(C)N)N2CC(C)OCC2C)cc1. The van der Waals surface area contributed by atoms with Crippen LogP contribution >= 0.6 is 0 Å². The molecule has 0 radical (unpaired) electrons.